The van der Waals surface area contributed by atoms with Gasteiger partial charge in [-0.1, -0.05) is 6.07 Å². The standard InChI is InChI=1S/C13H15N3/c1-10-6-8-15-13(9-10)16-11(2)12-5-3-4-7-14-12/h3-9,11H,1-2H3,(H,15,16). The van der Waals surface area contributed by atoms with Gasteiger partial charge in [0.05, 0.1) is 11.7 Å². The third-order valence-electron chi connectivity index (χ3n) is 2.41. The maximum absolute atomic E-state index is 4.31. The van der Waals surface area contributed by atoms with Crippen LogP contribution in [0.2, 0.25) is 0 Å². The Morgan fingerprint density at radius 3 is 2.69 bits per heavy atom. The summed E-state index contributed by atoms with van der Waals surface area (Å²) in [6.45, 7) is 4.13. The molecule has 0 amide bonds. The minimum Gasteiger partial charge on any atom is -0.362 e. The van der Waals surface area contributed by atoms with Crippen LogP contribution in [0.1, 0.15) is 24.2 Å². The summed E-state index contributed by atoms with van der Waals surface area (Å²) in [5.74, 6) is 0.887. The van der Waals surface area contributed by atoms with Gasteiger partial charge in [-0.05, 0) is 43.7 Å². The van der Waals surface area contributed by atoms with E-state index in [1.807, 2.05) is 36.5 Å². The number of pyridine rings is 2. The summed E-state index contributed by atoms with van der Waals surface area (Å²) in [5, 5.41) is 3.33. The van der Waals surface area contributed by atoms with Crippen molar-refractivity contribution in [2.75, 3.05) is 5.32 Å². The molecule has 1 N–H and O–H groups in total. The highest BCUT2D eigenvalue weighted by molar-refractivity contribution is 5.39. The second kappa shape index (κ2) is 4.75. The molecule has 1 atom stereocenters. The zero-order valence-electron chi connectivity index (χ0n) is 9.51. The molecule has 1 unspecified atom stereocenters. The van der Waals surface area contributed by atoms with Crippen molar-refractivity contribution in [1.29, 1.82) is 0 Å². The van der Waals surface area contributed by atoms with E-state index in [2.05, 4.69) is 29.1 Å². The van der Waals surface area contributed by atoms with Crippen LogP contribution in [-0.2, 0) is 0 Å². The first kappa shape index (κ1) is 10.6. The number of nitrogens with one attached hydrogen (secondary N) is 1. The topological polar surface area (TPSA) is 37.8 Å². The first-order valence-corrected chi connectivity index (χ1v) is 5.36. The van der Waals surface area contributed by atoms with Crippen LogP contribution in [-0.4, -0.2) is 9.97 Å². The van der Waals surface area contributed by atoms with Gasteiger partial charge in [0.1, 0.15) is 5.82 Å². The van der Waals surface area contributed by atoms with Crippen molar-refractivity contribution in [1.82, 2.24) is 9.97 Å². The van der Waals surface area contributed by atoms with E-state index in [1.54, 1.807) is 6.20 Å². The van der Waals surface area contributed by atoms with Gasteiger partial charge in [-0.2, -0.15) is 0 Å². The highest BCUT2D eigenvalue weighted by atomic mass is 15.0. The molecule has 0 aliphatic heterocycles. The Labute approximate surface area is 95.6 Å². The molecule has 0 aliphatic rings. The molecule has 0 spiro atoms. The average Bonchev–Trinajstić information content (AvgIpc) is 2.30. The lowest BCUT2D eigenvalue weighted by molar-refractivity contribution is 0.831. The molecule has 0 bridgehead atoms. The van der Waals surface area contributed by atoms with Crippen molar-refractivity contribution in [3.05, 3.63) is 54.0 Å². The minimum absolute atomic E-state index is 0.162. The number of hydrogen-bond donors (Lipinski definition) is 1. The number of nitrogens with zero attached hydrogens (tertiary/aromatic N) is 2. The van der Waals surface area contributed by atoms with Crippen LogP contribution >= 0.6 is 0 Å². The lowest BCUT2D eigenvalue weighted by atomic mass is 10.2. The predicted octanol–water partition coefficient (Wildman–Crippen LogP) is 2.96. The van der Waals surface area contributed by atoms with Crippen LogP contribution in [0, 0.1) is 6.92 Å². The predicted molar refractivity (Wildman–Crippen MR) is 65.2 cm³/mol. The van der Waals surface area contributed by atoms with Crippen LogP contribution in [0.3, 0.4) is 0 Å². The molecular weight excluding hydrogens is 198 g/mol. The Morgan fingerprint density at radius 1 is 1.12 bits per heavy atom. The Balaban J connectivity index is 2.11. The number of aromatic nitrogens is 2. The van der Waals surface area contributed by atoms with E-state index in [4.69, 9.17) is 0 Å². The smallest absolute Gasteiger partial charge is 0.126 e. The largest absolute Gasteiger partial charge is 0.362 e. The second-order valence-corrected chi connectivity index (χ2v) is 3.84. The molecule has 3 heteroatoms. The van der Waals surface area contributed by atoms with Gasteiger partial charge in [0.25, 0.3) is 0 Å². The van der Waals surface area contributed by atoms with Crippen molar-refractivity contribution >= 4 is 5.82 Å². The molecular formula is C13H15N3. The lowest BCUT2D eigenvalue weighted by Crippen LogP contribution is -2.09. The summed E-state index contributed by atoms with van der Waals surface area (Å²) in [6.07, 6.45) is 3.61. The summed E-state index contributed by atoms with van der Waals surface area (Å²) in [7, 11) is 0. The number of hydrogen-bond acceptors (Lipinski definition) is 3. The highest BCUT2D eigenvalue weighted by Gasteiger charge is 2.06. The molecule has 0 aromatic carbocycles. The van der Waals surface area contributed by atoms with Gasteiger partial charge >= 0.3 is 0 Å². The zero-order chi connectivity index (χ0) is 11.4. The van der Waals surface area contributed by atoms with Gasteiger partial charge in [-0.25, -0.2) is 4.98 Å². The molecule has 16 heavy (non-hydrogen) atoms. The molecule has 2 rings (SSSR count). The van der Waals surface area contributed by atoms with E-state index in [1.165, 1.54) is 5.56 Å². The Morgan fingerprint density at radius 2 is 2.00 bits per heavy atom. The summed E-state index contributed by atoms with van der Waals surface area (Å²) in [4.78, 5) is 8.57. The van der Waals surface area contributed by atoms with Crippen molar-refractivity contribution in [2.24, 2.45) is 0 Å². The van der Waals surface area contributed by atoms with Crippen molar-refractivity contribution in [2.45, 2.75) is 19.9 Å². The Bertz CT molecular complexity index is 454. The molecule has 3 nitrogen and oxygen atoms in total. The molecule has 0 saturated heterocycles. The molecule has 82 valence electrons. The fourth-order valence-corrected chi connectivity index (χ4v) is 1.54. The SMILES string of the molecule is Cc1ccnc(NC(C)c2ccccn2)c1. The lowest BCUT2D eigenvalue weighted by Gasteiger charge is -2.13. The van der Waals surface area contributed by atoms with Crippen LogP contribution in [0.15, 0.2) is 42.7 Å². The van der Waals surface area contributed by atoms with Gasteiger partial charge in [0.2, 0.25) is 0 Å². The number of anilines is 1. The van der Waals surface area contributed by atoms with Crippen molar-refractivity contribution < 1.29 is 0 Å². The van der Waals surface area contributed by atoms with Gasteiger partial charge in [-0.3, -0.25) is 4.98 Å². The summed E-state index contributed by atoms with van der Waals surface area (Å²) < 4.78 is 0. The van der Waals surface area contributed by atoms with E-state index in [-0.39, 0.29) is 6.04 Å². The van der Waals surface area contributed by atoms with Crippen LogP contribution in [0.4, 0.5) is 5.82 Å². The molecule has 2 aromatic rings. The molecule has 0 fully saturated rings. The van der Waals surface area contributed by atoms with Gasteiger partial charge in [0, 0.05) is 12.4 Å². The van der Waals surface area contributed by atoms with Crippen molar-refractivity contribution in [3.63, 3.8) is 0 Å². The summed E-state index contributed by atoms with van der Waals surface area (Å²) in [5.41, 5.74) is 2.22. The quantitative estimate of drug-likeness (QED) is 0.851. The maximum Gasteiger partial charge on any atom is 0.126 e. The van der Waals surface area contributed by atoms with E-state index in [0.717, 1.165) is 11.5 Å². The van der Waals surface area contributed by atoms with E-state index < -0.39 is 0 Å². The fourth-order valence-electron chi connectivity index (χ4n) is 1.54. The van der Waals surface area contributed by atoms with Crippen LogP contribution in [0.5, 0.6) is 0 Å². The average molecular weight is 213 g/mol. The Hall–Kier alpha value is -1.90. The first-order chi connectivity index (χ1) is 7.75. The van der Waals surface area contributed by atoms with Crippen LogP contribution < -0.4 is 5.32 Å². The molecule has 0 saturated carbocycles. The molecule has 2 heterocycles. The third kappa shape index (κ3) is 2.57. The van der Waals surface area contributed by atoms with Crippen molar-refractivity contribution in [3.8, 4) is 0 Å². The summed E-state index contributed by atoms with van der Waals surface area (Å²) >= 11 is 0. The van der Waals surface area contributed by atoms with E-state index in [9.17, 15) is 0 Å². The number of aryl methyl sites for hydroxylation is 1. The second-order valence-electron chi connectivity index (χ2n) is 3.84. The van der Waals surface area contributed by atoms with E-state index >= 15 is 0 Å². The third-order valence-corrected chi connectivity index (χ3v) is 2.41. The first-order valence-electron chi connectivity index (χ1n) is 5.36. The van der Waals surface area contributed by atoms with Gasteiger partial charge < -0.3 is 5.32 Å². The van der Waals surface area contributed by atoms with Gasteiger partial charge in [0.15, 0.2) is 0 Å². The fraction of sp³-hybridized carbons (Fsp3) is 0.231. The zero-order valence-corrected chi connectivity index (χ0v) is 9.51. The van der Waals surface area contributed by atoms with E-state index in [0.29, 0.717) is 0 Å². The molecule has 2 aromatic heterocycles. The van der Waals surface area contributed by atoms with Crippen LogP contribution in [0.25, 0.3) is 0 Å². The molecule has 0 radical (unpaired) electrons. The van der Waals surface area contributed by atoms with Gasteiger partial charge in [-0.15, -0.1) is 0 Å². The molecule has 0 aliphatic carbocycles. The highest BCUT2D eigenvalue weighted by Crippen LogP contribution is 2.15. The maximum atomic E-state index is 4.31. The number of rotatable bonds is 3. The normalized spacial score (nSPS) is 12.1. The minimum atomic E-state index is 0.162. The Kier molecular flexibility index (Phi) is 3.15. The summed E-state index contributed by atoms with van der Waals surface area (Å²) in [6, 6.07) is 10.1. The monoisotopic (exact) mass is 213 g/mol.